The van der Waals surface area contributed by atoms with E-state index in [4.69, 9.17) is 4.84 Å². The highest BCUT2D eigenvalue weighted by Crippen LogP contribution is 2.42. The molecule has 0 aromatic heterocycles. The van der Waals surface area contributed by atoms with Gasteiger partial charge in [0.1, 0.15) is 18.3 Å². The predicted octanol–water partition coefficient (Wildman–Crippen LogP) is -0.331. The van der Waals surface area contributed by atoms with Gasteiger partial charge in [-0.05, 0) is 25.2 Å². The normalized spacial score (nSPS) is 50.6. The first kappa shape index (κ1) is 10.5. The Morgan fingerprint density at radius 2 is 2.00 bits per heavy atom. The maximum atomic E-state index is 12.0. The van der Waals surface area contributed by atoms with Crippen LogP contribution >= 0.6 is 0 Å². The van der Waals surface area contributed by atoms with Crippen LogP contribution in [0, 0.1) is 11.8 Å². The van der Waals surface area contributed by atoms with Crippen molar-refractivity contribution in [2.75, 3.05) is 0 Å². The maximum absolute atomic E-state index is 12.0. The number of hydrogen-bond acceptors (Lipinski definition) is 4. The minimum atomic E-state index is -0.856. The average molecular weight is 227 g/mol. The van der Waals surface area contributed by atoms with Crippen molar-refractivity contribution < 1.29 is 19.8 Å². The summed E-state index contributed by atoms with van der Waals surface area (Å²) in [7, 11) is 0. The van der Waals surface area contributed by atoms with E-state index in [1.54, 1.807) is 0 Å². The molecule has 2 saturated heterocycles. The standard InChI is InChI=1S/C11H17NO4/c1-5-4-6(5)11(15)12-7-2-3-8(16-12)10(14)9(7)13/h5-10,13-14H,2-4H2,1H3/t5-,6+,7+,8-,9-,10+/m1/s1. The Labute approximate surface area is 93.9 Å². The summed E-state index contributed by atoms with van der Waals surface area (Å²) in [5.74, 6) is 0.468. The highest BCUT2D eigenvalue weighted by molar-refractivity contribution is 5.81. The van der Waals surface area contributed by atoms with Crippen molar-refractivity contribution in [2.45, 2.75) is 50.5 Å². The fourth-order valence-corrected chi connectivity index (χ4v) is 2.76. The quantitative estimate of drug-likeness (QED) is 0.643. The molecule has 2 heterocycles. The molecule has 2 bridgehead atoms. The number of amides is 1. The number of hydroxylamine groups is 2. The van der Waals surface area contributed by atoms with Crippen LogP contribution in [0.2, 0.25) is 0 Å². The molecule has 2 N–H and O–H groups in total. The van der Waals surface area contributed by atoms with Gasteiger partial charge < -0.3 is 10.2 Å². The minimum absolute atomic E-state index is 0.0202. The summed E-state index contributed by atoms with van der Waals surface area (Å²) < 4.78 is 0. The summed E-state index contributed by atoms with van der Waals surface area (Å²) in [6.45, 7) is 2.04. The minimum Gasteiger partial charge on any atom is -0.388 e. The molecule has 5 nitrogen and oxygen atoms in total. The molecule has 90 valence electrons. The Kier molecular flexibility index (Phi) is 2.24. The van der Waals surface area contributed by atoms with E-state index in [1.165, 1.54) is 5.06 Å². The molecule has 1 amide bonds. The van der Waals surface area contributed by atoms with Gasteiger partial charge in [-0.2, -0.15) is 0 Å². The molecule has 4 aliphatic rings. The van der Waals surface area contributed by atoms with E-state index in [-0.39, 0.29) is 17.9 Å². The number of aliphatic hydroxyl groups excluding tert-OH is 2. The number of carbonyl (C=O) groups excluding carboxylic acids is 1. The van der Waals surface area contributed by atoms with Gasteiger partial charge in [-0.1, -0.05) is 6.92 Å². The summed E-state index contributed by atoms with van der Waals surface area (Å²) in [6, 6.07) is -0.361. The van der Waals surface area contributed by atoms with Crippen molar-refractivity contribution in [3.63, 3.8) is 0 Å². The molecule has 0 aromatic carbocycles. The molecule has 16 heavy (non-hydrogen) atoms. The van der Waals surface area contributed by atoms with Crippen LogP contribution in [0.15, 0.2) is 0 Å². The molecule has 2 aliphatic heterocycles. The lowest BCUT2D eigenvalue weighted by Crippen LogP contribution is -2.65. The molecule has 5 heteroatoms. The fourth-order valence-electron chi connectivity index (χ4n) is 2.76. The van der Waals surface area contributed by atoms with Crippen molar-refractivity contribution in [1.82, 2.24) is 5.06 Å². The SMILES string of the molecule is C[C@@H]1C[C@@H]1C(=O)N1O[C@@H]2CC[C@H]1[C@@H](O)[C@H]2O. The lowest BCUT2D eigenvalue weighted by Gasteiger charge is -2.49. The first-order chi connectivity index (χ1) is 7.59. The Morgan fingerprint density at radius 3 is 2.56 bits per heavy atom. The Bertz CT molecular complexity index is 319. The van der Waals surface area contributed by atoms with E-state index in [0.29, 0.717) is 12.3 Å². The zero-order valence-electron chi connectivity index (χ0n) is 9.24. The molecule has 6 atom stereocenters. The predicted molar refractivity (Wildman–Crippen MR) is 54.0 cm³/mol. The van der Waals surface area contributed by atoms with Gasteiger partial charge in [-0.3, -0.25) is 9.63 Å². The third-order valence-corrected chi connectivity index (χ3v) is 4.07. The molecule has 2 saturated carbocycles. The summed E-state index contributed by atoms with van der Waals surface area (Å²) >= 11 is 0. The second kappa shape index (κ2) is 3.42. The van der Waals surface area contributed by atoms with E-state index in [1.807, 2.05) is 6.92 Å². The zero-order chi connectivity index (χ0) is 11.4. The van der Waals surface area contributed by atoms with Crippen molar-refractivity contribution >= 4 is 5.91 Å². The molecular weight excluding hydrogens is 210 g/mol. The van der Waals surface area contributed by atoms with Crippen LogP contribution in [0.25, 0.3) is 0 Å². The first-order valence-corrected chi connectivity index (χ1v) is 5.95. The summed E-state index contributed by atoms with van der Waals surface area (Å²) in [6.07, 6.45) is 0.222. The monoisotopic (exact) mass is 227 g/mol. The second-order valence-electron chi connectivity index (χ2n) is 5.25. The van der Waals surface area contributed by atoms with Gasteiger partial charge in [-0.25, -0.2) is 5.06 Å². The Balaban J connectivity index is 1.76. The van der Waals surface area contributed by atoms with Crippen LogP contribution in [-0.2, 0) is 9.63 Å². The summed E-state index contributed by atoms with van der Waals surface area (Å²) in [5.41, 5.74) is 0. The smallest absolute Gasteiger partial charge is 0.249 e. The van der Waals surface area contributed by atoms with Crippen molar-refractivity contribution in [2.24, 2.45) is 11.8 Å². The molecule has 4 rings (SSSR count). The van der Waals surface area contributed by atoms with Crippen molar-refractivity contribution in [3.05, 3.63) is 0 Å². The van der Waals surface area contributed by atoms with Gasteiger partial charge in [-0.15, -0.1) is 0 Å². The summed E-state index contributed by atoms with van der Waals surface area (Å²) in [4.78, 5) is 17.5. The maximum Gasteiger partial charge on any atom is 0.249 e. The van der Waals surface area contributed by atoms with E-state index in [0.717, 1.165) is 12.8 Å². The highest BCUT2D eigenvalue weighted by atomic mass is 16.7. The Hall–Kier alpha value is -0.650. The number of rotatable bonds is 1. The van der Waals surface area contributed by atoms with Crippen molar-refractivity contribution in [1.29, 1.82) is 0 Å². The van der Waals surface area contributed by atoms with Gasteiger partial charge in [0.2, 0.25) is 5.91 Å². The average Bonchev–Trinajstić information content (AvgIpc) is 3.01. The van der Waals surface area contributed by atoms with Gasteiger partial charge in [0.25, 0.3) is 0 Å². The molecule has 0 aromatic rings. The largest absolute Gasteiger partial charge is 0.388 e. The number of carbonyl (C=O) groups is 1. The highest BCUT2D eigenvalue weighted by Gasteiger charge is 2.53. The van der Waals surface area contributed by atoms with Gasteiger partial charge in [0.15, 0.2) is 0 Å². The van der Waals surface area contributed by atoms with E-state index < -0.39 is 18.3 Å². The fraction of sp³-hybridized carbons (Fsp3) is 0.909. The van der Waals surface area contributed by atoms with E-state index >= 15 is 0 Å². The number of fused-ring (bicyclic) bond motifs is 3. The van der Waals surface area contributed by atoms with Gasteiger partial charge in [0.05, 0.1) is 6.04 Å². The van der Waals surface area contributed by atoms with Crippen LogP contribution in [0.4, 0.5) is 0 Å². The van der Waals surface area contributed by atoms with E-state index in [9.17, 15) is 15.0 Å². The zero-order valence-corrected chi connectivity index (χ0v) is 9.24. The van der Waals surface area contributed by atoms with Crippen molar-refractivity contribution in [3.8, 4) is 0 Å². The summed E-state index contributed by atoms with van der Waals surface area (Å²) in [5, 5.41) is 20.8. The Morgan fingerprint density at radius 1 is 1.31 bits per heavy atom. The van der Waals surface area contributed by atoms with Crippen LogP contribution in [0.1, 0.15) is 26.2 Å². The topological polar surface area (TPSA) is 70.0 Å². The number of aliphatic hydroxyl groups is 2. The third kappa shape index (κ3) is 1.38. The van der Waals surface area contributed by atoms with Gasteiger partial charge in [0, 0.05) is 5.92 Å². The molecule has 0 spiro atoms. The first-order valence-electron chi connectivity index (χ1n) is 5.95. The molecule has 0 radical (unpaired) electrons. The molecule has 2 aliphatic carbocycles. The van der Waals surface area contributed by atoms with Crippen LogP contribution in [-0.4, -0.2) is 45.5 Å². The third-order valence-electron chi connectivity index (χ3n) is 4.07. The molecule has 4 fully saturated rings. The lowest BCUT2D eigenvalue weighted by atomic mass is 9.85. The van der Waals surface area contributed by atoms with Gasteiger partial charge >= 0.3 is 0 Å². The molecule has 0 unspecified atom stereocenters. The lowest BCUT2D eigenvalue weighted by molar-refractivity contribution is -0.318. The second-order valence-corrected chi connectivity index (χ2v) is 5.25. The van der Waals surface area contributed by atoms with Crippen LogP contribution in [0.5, 0.6) is 0 Å². The number of hydrogen-bond donors (Lipinski definition) is 2. The number of nitrogens with zero attached hydrogens (tertiary/aromatic N) is 1. The van der Waals surface area contributed by atoms with Crippen LogP contribution in [0.3, 0.4) is 0 Å². The van der Waals surface area contributed by atoms with Crippen LogP contribution < -0.4 is 0 Å². The van der Waals surface area contributed by atoms with E-state index in [2.05, 4.69) is 0 Å². The molecular formula is C11H17NO4.